The molecule has 7 aromatic rings. The number of nitrogens with zero attached hydrogens (tertiary/aromatic N) is 1. The van der Waals surface area contributed by atoms with Gasteiger partial charge in [-0.25, -0.2) is 0 Å². The zero-order chi connectivity index (χ0) is 35.8. The lowest BCUT2D eigenvalue weighted by atomic mass is 9.67. The van der Waals surface area contributed by atoms with Crippen LogP contribution in [0.15, 0.2) is 164 Å². The van der Waals surface area contributed by atoms with Crippen LogP contribution in [-0.4, -0.2) is 5.11 Å². The van der Waals surface area contributed by atoms with E-state index in [4.69, 9.17) is 0 Å². The summed E-state index contributed by atoms with van der Waals surface area (Å²) >= 11 is 0. The molecule has 9 rings (SSSR count). The summed E-state index contributed by atoms with van der Waals surface area (Å²) in [6.45, 7) is 11.5. The minimum atomic E-state index is -0.601. The molecule has 0 heterocycles. The SMILES string of the molecule is CC(C)(C)c1ccc(C2(c3ccc(O)cc3)c3ccccc3-c3ccc(N(c4ccccc4)c4ccc5c(c4)C(C)(C)c4ccccc4-5)cc32)cc1. The number of phenols is 1. The number of hydrogen-bond acceptors (Lipinski definition) is 2. The van der Waals surface area contributed by atoms with Gasteiger partial charge in [-0.3, -0.25) is 0 Å². The lowest BCUT2D eigenvalue weighted by Crippen LogP contribution is -2.29. The van der Waals surface area contributed by atoms with E-state index < -0.39 is 5.41 Å². The number of aromatic hydroxyl groups is 1. The molecule has 0 fully saturated rings. The Hall–Kier alpha value is -5.86. The summed E-state index contributed by atoms with van der Waals surface area (Å²) < 4.78 is 0. The van der Waals surface area contributed by atoms with Gasteiger partial charge in [0.15, 0.2) is 0 Å². The van der Waals surface area contributed by atoms with Crippen LogP contribution in [0.3, 0.4) is 0 Å². The van der Waals surface area contributed by atoms with E-state index in [-0.39, 0.29) is 16.6 Å². The summed E-state index contributed by atoms with van der Waals surface area (Å²) in [6.07, 6.45) is 0. The number of hydrogen-bond donors (Lipinski definition) is 1. The van der Waals surface area contributed by atoms with Crippen molar-refractivity contribution in [1.82, 2.24) is 0 Å². The zero-order valence-electron chi connectivity index (χ0n) is 30.5. The maximum Gasteiger partial charge on any atom is 0.115 e. The van der Waals surface area contributed by atoms with Crippen LogP contribution < -0.4 is 4.90 Å². The van der Waals surface area contributed by atoms with Gasteiger partial charge in [0.25, 0.3) is 0 Å². The third kappa shape index (κ3) is 4.70. The number of phenolic OH excluding ortho intramolecular Hbond substituents is 1. The van der Waals surface area contributed by atoms with E-state index in [1.807, 2.05) is 12.1 Å². The normalized spacial score (nSPS) is 16.5. The number of benzene rings is 7. The van der Waals surface area contributed by atoms with Crippen LogP contribution in [0.1, 0.15) is 73.6 Å². The van der Waals surface area contributed by atoms with E-state index in [9.17, 15) is 5.11 Å². The molecule has 0 amide bonds. The summed E-state index contributed by atoms with van der Waals surface area (Å²) in [6, 6.07) is 59.5. The molecule has 52 heavy (non-hydrogen) atoms. The van der Waals surface area contributed by atoms with E-state index in [1.165, 1.54) is 55.6 Å². The van der Waals surface area contributed by atoms with E-state index in [1.54, 1.807) is 0 Å². The lowest BCUT2D eigenvalue weighted by molar-refractivity contribution is 0.475. The topological polar surface area (TPSA) is 23.5 Å². The highest BCUT2D eigenvalue weighted by Gasteiger charge is 2.46. The molecule has 0 radical (unpaired) electrons. The molecule has 0 aromatic heterocycles. The summed E-state index contributed by atoms with van der Waals surface area (Å²) in [5, 5.41) is 10.5. The van der Waals surface area contributed by atoms with Gasteiger partial charge in [0.1, 0.15) is 5.75 Å². The Morgan fingerprint density at radius 1 is 0.442 bits per heavy atom. The first kappa shape index (κ1) is 32.1. The summed E-state index contributed by atoms with van der Waals surface area (Å²) in [4.78, 5) is 2.41. The first-order chi connectivity index (χ1) is 25.1. The van der Waals surface area contributed by atoms with E-state index >= 15 is 0 Å². The highest BCUT2D eigenvalue weighted by molar-refractivity contribution is 5.90. The number of fused-ring (bicyclic) bond motifs is 6. The van der Waals surface area contributed by atoms with Gasteiger partial charge in [0.2, 0.25) is 0 Å². The fraction of sp³-hybridized carbons (Fsp3) is 0.160. The Bertz CT molecular complexity index is 2470. The predicted octanol–water partition coefficient (Wildman–Crippen LogP) is 12.8. The second kappa shape index (κ2) is 11.6. The average Bonchev–Trinajstić information content (AvgIpc) is 3.58. The van der Waals surface area contributed by atoms with E-state index in [0.29, 0.717) is 0 Å². The monoisotopic (exact) mass is 673 g/mol. The predicted molar refractivity (Wildman–Crippen MR) is 216 cm³/mol. The molecular formula is C50H43NO. The largest absolute Gasteiger partial charge is 0.508 e. The van der Waals surface area contributed by atoms with Crippen molar-refractivity contribution in [2.45, 2.75) is 50.9 Å². The molecule has 7 aromatic carbocycles. The Labute approximate surface area is 307 Å². The van der Waals surface area contributed by atoms with Crippen LogP contribution in [0, 0.1) is 0 Å². The molecule has 0 spiro atoms. The molecule has 2 heteroatoms. The van der Waals surface area contributed by atoms with Gasteiger partial charge in [0.05, 0.1) is 5.41 Å². The molecule has 0 bridgehead atoms. The molecule has 1 N–H and O–H groups in total. The minimum Gasteiger partial charge on any atom is -0.508 e. The van der Waals surface area contributed by atoms with E-state index in [2.05, 4.69) is 191 Å². The van der Waals surface area contributed by atoms with Crippen LogP contribution in [0.4, 0.5) is 17.1 Å². The van der Waals surface area contributed by atoms with Gasteiger partial charge in [-0.2, -0.15) is 0 Å². The highest BCUT2D eigenvalue weighted by atomic mass is 16.3. The van der Waals surface area contributed by atoms with Crippen LogP contribution in [0.5, 0.6) is 5.75 Å². The van der Waals surface area contributed by atoms with Gasteiger partial charge in [0, 0.05) is 22.5 Å². The van der Waals surface area contributed by atoms with E-state index in [0.717, 1.165) is 22.6 Å². The van der Waals surface area contributed by atoms with Crippen LogP contribution in [-0.2, 0) is 16.2 Å². The molecule has 2 aliphatic rings. The smallest absolute Gasteiger partial charge is 0.115 e. The standard InChI is InChI=1S/C50H43NO/c1-48(2,3)33-19-21-34(22-20-33)50(35-23-27-39(52)28-24-35)45-18-12-10-16-41(45)43-30-26-38(32-47(43)50)51(36-13-7-6-8-14-36)37-25-29-42-40-15-9-11-17-44(40)49(4,5)46(42)31-37/h6-32,52H,1-5H3. The molecule has 2 aliphatic carbocycles. The maximum atomic E-state index is 10.5. The Morgan fingerprint density at radius 3 is 1.54 bits per heavy atom. The number of rotatable bonds is 5. The molecule has 1 unspecified atom stereocenters. The lowest BCUT2D eigenvalue weighted by Gasteiger charge is -2.35. The molecular weight excluding hydrogens is 631 g/mol. The van der Waals surface area contributed by atoms with Gasteiger partial charge in [-0.15, -0.1) is 0 Å². The van der Waals surface area contributed by atoms with Crippen molar-refractivity contribution >= 4 is 17.1 Å². The van der Waals surface area contributed by atoms with Crippen molar-refractivity contribution in [3.63, 3.8) is 0 Å². The van der Waals surface area contributed by atoms with Gasteiger partial charge < -0.3 is 10.0 Å². The van der Waals surface area contributed by atoms with Crippen LogP contribution >= 0.6 is 0 Å². The van der Waals surface area contributed by atoms with Crippen molar-refractivity contribution in [1.29, 1.82) is 0 Å². The third-order valence-corrected chi connectivity index (χ3v) is 11.6. The summed E-state index contributed by atoms with van der Waals surface area (Å²) in [5.74, 6) is 0.263. The van der Waals surface area contributed by atoms with Crippen LogP contribution in [0.2, 0.25) is 0 Å². The van der Waals surface area contributed by atoms with Crippen molar-refractivity contribution in [2.24, 2.45) is 0 Å². The third-order valence-electron chi connectivity index (χ3n) is 11.6. The average molecular weight is 674 g/mol. The number of para-hydroxylation sites is 1. The molecule has 0 saturated carbocycles. The molecule has 2 nitrogen and oxygen atoms in total. The Balaban J connectivity index is 1.30. The summed E-state index contributed by atoms with van der Waals surface area (Å²) in [5.41, 5.74) is 16.6. The quantitative estimate of drug-likeness (QED) is 0.197. The first-order valence-electron chi connectivity index (χ1n) is 18.3. The molecule has 1 atom stereocenters. The van der Waals surface area contributed by atoms with Crippen molar-refractivity contribution in [3.8, 4) is 28.0 Å². The fourth-order valence-corrected chi connectivity index (χ4v) is 8.98. The zero-order valence-corrected chi connectivity index (χ0v) is 30.5. The second-order valence-corrected chi connectivity index (χ2v) is 16.0. The first-order valence-corrected chi connectivity index (χ1v) is 18.3. The fourth-order valence-electron chi connectivity index (χ4n) is 8.98. The highest BCUT2D eigenvalue weighted by Crippen LogP contribution is 2.58. The van der Waals surface area contributed by atoms with Gasteiger partial charge in [-0.1, -0.05) is 150 Å². The second-order valence-electron chi connectivity index (χ2n) is 16.0. The molecule has 0 aliphatic heterocycles. The van der Waals surface area contributed by atoms with Gasteiger partial charge in [-0.05, 0) is 115 Å². The van der Waals surface area contributed by atoms with Gasteiger partial charge >= 0.3 is 0 Å². The van der Waals surface area contributed by atoms with Crippen molar-refractivity contribution in [2.75, 3.05) is 4.90 Å². The van der Waals surface area contributed by atoms with Crippen molar-refractivity contribution < 1.29 is 5.11 Å². The Kier molecular flexibility index (Phi) is 7.14. The number of anilines is 3. The maximum absolute atomic E-state index is 10.5. The minimum absolute atomic E-state index is 0.0326. The summed E-state index contributed by atoms with van der Waals surface area (Å²) in [7, 11) is 0. The van der Waals surface area contributed by atoms with Crippen LogP contribution in [0.25, 0.3) is 22.3 Å². The molecule has 254 valence electrons. The Morgan fingerprint density at radius 2 is 0.923 bits per heavy atom. The molecule has 0 saturated heterocycles. The van der Waals surface area contributed by atoms with Crippen molar-refractivity contribution in [3.05, 3.63) is 203 Å².